The van der Waals surface area contributed by atoms with Gasteiger partial charge in [0.05, 0.1) is 18.5 Å². The van der Waals surface area contributed by atoms with E-state index >= 15 is 0 Å². The Morgan fingerprint density at radius 1 is 1.19 bits per heavy atom. The van der Waals surface area contributed by atoms with Crippen molar-refractivity contribution < 1.29 is 28.6 Å². The zero-order valence-electron chi connectivity index (χ0n) is 16.6. The summed E-state index contributed by atoms with van der Waals surface area (Å²) in [5, 5.41) is 3.03. The van der Waals surface area contributed by atoms with E-state index in [2.05, 4.69) is 10.3 Å². The molecule has 0 spiro atoms. The Hall–Kier alpha value is -2.42. The standard InChI is InChI=1S/C20H20ClN2O6PS/c1-12(2)28-16-7-14(19(24)23-20-22-10-18(21)31-20)8-17(9-16)29-15-5-3-4-13(6-15)11-30(25,26)27/h3-10,12H,11H2,1-2H3,(H,22,23,24)(H2,25,26,27). The molecule has 2 aromatic carbocycles. The number of carbonyl (C=O) groups is 1. The van der Waals surface area contributed by atoms with Crippen LogP contribution in [0.5, 0.6) is 17.2 Å². The molecule has 1 amide bonds. The average Bonchev–Trinajstić information content (AvgIpc) is 3.04. The third-order valence-corrected chi connectivity index (χ3v) is 5.54. The fourth-order valence-corrected chi connectivity index (χ4v) is 4.14. The minimum Gasteiger partial charge on any atom is -0.491 e. The number of nitrogens with one attached hydrogen (secondary N) is 1. The van der Waals surface area contributed by atoms with Crippen molar-refractivity contribution >= 4 is 41.6 Å². The Bertz CT molecular complexity index is 1130. The normalized spacial score (nSPS) is 11.4. The van der Waals surface area contributed by atoms with Gasteiger partial charge in [-0.2, -0.15) is 0 Å². The Balaban J connectivity index is 1.87. The van der Waals surface area contributed by atoms with Gasteiger partial charge >= 0.3 is 7.60 Å². The van der Waals surface area contributed by atoms with Gasteiger partial charge in [-0.25, -0.2) is 4.98 Å². The van der Waals surface area contributed by atoms with Crippen molar-refractivity contribution in [2.45, 2.75) is 26.1 Å². The summed E-state index contributed by atoms with van der Waals surface area (Å²) >= 11 is 6.99. The van der Waals surface area contributed by atoms with Crippen molar-refractivity contribution in [3.05, 3.63) is 64.1 Å². The van der Waals surface area contributed by atoms with Gasteiger partial charge in [-0.15, -0.1) is 0 Å². The molecule has 0 bridgehead atoms. The van der Waals surface area contributed by atoms with E-state index in [0.29, 0.717) is 32.3 Å². The van der Waals surface area contributed by atoms with Crippen LogP contribution in [0.15, 0.2) is 48.7 Å². The quantitative estimate of drug-likeness (QED) is 0.372. The molecule has 164 valence electrons. The minimum absolute atomic E-state index is 0.129. The van der Waals surface area contributed by atoms with Crippen LogP contribution in [0.25, 0.3) is 0 Å². The molecular formula is C20H20ClN2O6PS. The molecule has 0 aliphatic carbocycles. The highest BCUT2D eigenvalue weighted by Crippen LogP contribution is 2.40. The molecule has 0 saturated carbocycles. The third-order valence-electron chi connectivity index (χ3n) is 3.73. The number of hydrogen-bond acceptors (Lipinski definition) is 6. The fourth-order valence-electron chi connectivity index (χ4n) is 2.66. The summed E-state index contributed by atoms with van der Waals surface area (Å²) in [5.74, 6) is 0.709. The largest absolute Gasteiger partial charge is 0.491 e. The summed E-state index contributed by atoms with van der Waals surface area (Å²) in [7, 11) is -4.21. The van der Waals surface area contributed by atoms with Crippen LogP contribution in [0.2, 0.25) is 4.34 Å². The maximum atomic E-state index is 12.7. The molecule has 3 rings (SSSR count). The van der Waals surface area contributed by atoms with Crippen molar-refractivity contribution in [1.82, 2.24) is 4.98 Å². The van der Waals surface area contributed by atoms with Crippen LogP contribution in [0, 0.1) is 0 Å². The molecule has 0 atom stereocenters. The molecule has 8 nitrogen and oxygen atoms in total. The summed E-state index contributed by atoms with van der Waals surface area (Å²) < 4.78 is 23.3. The molecule has 0 radical (unpaired) electrons. The van der Waals surface area contributed by atoms with Crippen LogP contribution < -0.4 is 14.8 Å². The van der Waals surface area contributed by atoms with Crippen molar-refractivity contribution in [2.75, 3.05) is 5.32 Å². The van der Waals surface area contributed by atoms with E-state index in [9.17, 15) is 19.1 Å². The van der Waals surface area contributed by atoms with Gasteiger partial charge < -0.3 is 19.3 Å². The van der Waals surface area contributed by atoms with Gasteiger partial charge in [0.15, 0.2) is 5.13 Å². The molecule has 1 aromatic heterocycles. The summed E-state index contributed by atoms with van der Waals surface area (Å²) in [4.78, 5) is 35.1. The van der Waals surface area contributed by atoms with Crippen molar-refractivity contribution in [3.8, 4) is 17.2 Å². The summed E-state index contributed by atoms with van der Waals surface area (Å²) in [6, 6.07) is 11.2. The van der Waals surface area contributed by atoms with E-state index < -0.39 is 19.7 Å². The van der Waals surface area contributed by atoms with Gasteiger partial charge in [0.2, 0.25) is 0 Å². The lowest BCUT2D eigenvalue weighted by atomic mass is 10.2. The number of nitrogens with zero attached hydrogens (tertiary/aromatic N) is 1. The highest BCUT2D eigenvalue weighted by Gasteiger charge is 2.16. The number of carbonyl (C=O) groups excluding carboxylic acids is 1. The minimum atomic E-state index is -4.21. The lowest BCUT2D eigenvalue weighted by Gasteiger charge is -2.14. The first-order valence-corrected chi connectivity index (χ1v) is 12.1. The lowest BCUT2D eigenvalue weighted by Crippen LogP contribution is -2.13. The average molecular weight is 483 g/mol. The van der Waals surface area contributed by atoms with E-state index in [1.165, 1.54) is 18.3 Å². The maximum absolute atomic E-state index is 12.7. The number of amides is 1. The molecule has 1 heterocycles. The van der Waals surface area contributed by atoms with Gasteiger partial charge in [0.25, 0.3) is 5.91 Å². The first-order chi connectivity index (χ1) is 14.6. The smallest absolute Gasteiger partial charge is 0.329 e. The van der Waals surface area contributed by atoms with Crippen LogP contribution >= 0.6 is 30.5 Å². The van der Waals surface area contributed by atoms with Crippen LogP contribution in [0.3, 0.4) is 0 Å². The van der Waals surface area contributed by atoms with Gasteiger partial charge in [0.1, 0.15) is 21.6 Å². The molecule has 0 saturated heterocycles. The molecule has 0 unspecified atom stereocenters. The van der Waals surface area contributed by atoms with Gasteiger partial charge in [0, 0.05) is 11.6 Å². The van der Waals surface area contributed by atoms with Crippen LogP contribution in [0.4, 0.5) is 5.13 Å². The molecule has 0 aliphatic rings. The van der Waals surface area contributed by atoms with E-state index in [-0.39, 0.29) is 11.7 Å². The fraction of sp³-hybridized carbons (Fsp3) is 0.200. The summed E-state index contributed by atoms with van der Waals surface area (Å²) in [6.45, 7) is 3.72. The second-order valence-corrected chi connectivity index (χ2v) is 10.2. The molecule has 3 aromatic rings. The second-order valence-electron chi connectivity index (χ2n) is 6.86. The maximum Gasteiger partial charge on any atom is 0.329 e. The molecule has 0 aliphatic heterocycles. The zero-order valence-corrected chi connectivity index (χ0v) is 19.1. The summed E-state index contributed by atoms with van der Waals surface area (Å²) in [5.41, 5.74) is 0.713. The number of thiazole rings is 1. The molecule has 31 heavy (non-hydrogen) atoms. The topological polar surface area (TPSA) is 118 Å². The molecule has 3 N–H and O–H groups in total. The number of rotatable bonds is 8. The molecule has 0 fully saturated rings. The Labute approximate surface area is 188 Å². The van der Waals surface area contributed by atoms with E-state index in [1.807, 2.05) is 13.8 Å². The number of ether oxygens (including phenoxy) is 2. The summed E-state index contributed by atoms with van der Waals surface area (Å²) in [6.07, 6.45) is 0.917. The van der Waals surface area contributed by atoms with E-state index in [4.69, 9.17) is 21.1 Å². The van der Waals surface area contributed by atoms with E-state index in [1.54, 1.807) is 30.3 Å². The number of aromatic nitrogens is 1. The Kier molecular flexibility index (Phi) is 7.35. The monoisotopic (exact) mass is 482 g/mol. The highest BCUT2D eigenvalue weighted by atomic mass is 35.5. The Morgan fingerprint density at radius 3 is 2.58 bits per heavy atom. The van der Waals surface area contributed by atoms with Crippen LogP contribution in [-0.2, 0) is 10.7 Å². The second kappa shape index (κ2) is 9.80. The number of halogens is 1. The Morgan fingerprint density at radius 2 is 1.94 bits per heavy atom. The zero-order chi connectivity index (χ0) is 22.6. The molecular weight excluding hydrogens is 463 g/mol. The lowest BCUT2D eigenvalue weighted by molar-refractivity contribution is 0.102. The van der Waals surface area contributed by atoms with Crippen molar-refractivity contribution in [3.63, 3.8) is 0 Å². The number of hydrogen-bond donors (Lipinski definition) is 3. The first kappa shape index (κ1) is 23.2. The first-order valence-electron chi connectivity index (χ1n) is 9.13. The molecule has 11 heteroatoms. The predicted molar refractivity (Wildman–Crippen MR) is 120 cm³/mol. The third kappa shape index (κ3) is 7.34. The predicted octanol–water partition coefficient (Wildman–Crippen LogP) is 5.31. The SMILES string of the molecule is CC(C)Oc1cc(Oc2cccc(CP(=O)(O)O)c2)cc(C(=O)Nc2ncc(Cl)s2)c1. The van der Waals surface area contributed by atoms with Crippen LogP contribution in [-0.4, -0.2) is 26.8 Å². The van der Waals surface area contributed by atoms with Crippen LogP contribution in [0.1, 0.15) is 29.8 Å². The number of benzene rings is 2. The van der Waals surface area contributed by atoms with Gasteiger partial charge in [-0.05, 0) is 43.7 Å². The van der Waals surface area contributed by atoms with Gasteiger partial charge in [-0.3, -0.25) is 14.7 Å². The number of anilines is 1. The van der Waals surface area contributed by atoms with E-state index in [0.717, 1.165) is 11.3 Å². The highest BCUT2D eigenvalue weighted by molar-refractivity contribution is 7.50. The van der Waals surface area contributed by atoms with Crippen molar-refractivity contribution in [1.29, 1.82) is 0 Å². The van der Waals surface area contributed by atoms with Gasteiger partial charge in [-0.1, -0.05) is 35.1 Å². The van der Waals surface area contributed by atoms with Crippen molar-refractivity contribution in [2.24, 2.45) is 0 Å².